The molecule has 0 atom stereocenters. The maximum atomic E-state index is 12.4. The highest BCUT2D eigenvalue weighted by Crippen LogP contribution is 2.27. The number of carbonyl (C=O) groups is 1. The number of imidazole rings is 2. The number of rotatable bonds is 6. The lowest BCUT2D eigenvalue weighted by Crippen LogP contribution is -2.36. The molecule has 0 aliphatic rings. The fourth-order valence-electron chi connectivity index (χ4n) is 3.48. The number of pyridine rings is 1. The van der Waals surface area contributed by atoms with Crippen LogP contribution in [0.3, 0.4) is 0 Å². The molecule has 0 unspecified atom stereocenters. The summed E-state index contributed by atoms with van der Waals surface area (Å²) in [6.07, 6.45) is 2.76. The molecule has 0 bridgehead atoms. The molecule has 0 aliphatic heterocycles. The summed E-state index contributed by atoms with van der Waals surface area (Å²) >= 11 is 0. The van der Waals surface area contributed by atoms with Gasteiger partial charge in [0.25, 0.3) is 0 Å². The number of alkyl halides is 3. The van der Waals surface area contributed by atoms with E-state index in [1.165, 1.54) is 0 Å². The molecular formula is C22H22F3N7O. The summed E-state index contributed by atoms with van der Waals surface area (Å²) in [5.74, 6) is 0. The van der Waals surface area contributed by atoms with Crippen molar-refractivity contribution in [2.24, 2.45) is 0 Å². The summed E-state index contributed by atoms with van der Waals surface area (Å²) in [5, 5.41) is 7.33. The molecule has 8 nitrogen and oxygen atoms in total. The van der Waals surface area contributed by atoms with Crippen molar-refractivity contribution in [2.45, 2.75) is 19.6 Å². The van der Waals surface area contributed by atoms with Gasteiger partial charge in [-0.25, -0.2) is 14.8 Å². The minimum Gasteiger partial charge on any atom is -0.329 e. The van der Waals surface area contributed by atoms with Crippen LogP contribution in [0, 0.1) is 6.92 Å². The Bertz CT molecular complexity index is 1290. The van der Waals surface area contributed by atoms with Gasteiger partial charge in [-0.15, -0.1) is 0 Å². The molecule has 4 rings (SSSR count). The van der Waals surface area contributed by atoms with Crippen LogP contribution >= 0.6 is 0 Å². The van der Waals surface area contributed by atoms with Crippen molar-refractivity contribution in [3.05, 3.63) is 66.5 Å². The molecule has 3 N–H and O–H groups in total. The van der Waals surface area contributed by atoms with Crippen molar-refractivity contribution in [3.63, 3.8) is 0 Å². The fourth-order valence-corrected chi connectivity index (χ4v) is 3.48. The molecule has 0 saturated carbocycles. The lowest BCUT2D eigenvalue weighted by Gasteiger charge is -2.13. The number of carbonyl (C=O) groups excluding carboxylic acids is 1. The number of benzene rings is 1. The molecular weight excluding hydrogens is 435 g/mol. The Kier molecular flexibility index (Phi) is 6.05. The third-order valence-corrected chi connectivity index (χ3v) is 4.88. The number of halogens is 3. The summed E-state index contributed by atoms with van der Waals surface area (Å²) in [6.45, 7) is 1.01. The van der Waals surface area contributed by atoms with Crippen molar-refractivity contribution >= 4 is 17.4 Å². The third-order valence-electron chi connectivity index (χ3n) is 4.88. The number of fused-ring (bicyclic) bond motifs is 1. The van der Waals surface area contributed by atoms with E-state index in [1.807, 2.05) is 51.8 Å². The molecule has 2 amide bonds. The quantitative estimate of drug-likeness (QED) is 0.410. The van der Waals surface area contributed by atoms with Gasteiger partial charge >= 0.3 is 12.2 Å². The molecule has 1 aromatic carbocycles. The maximum absolute atomic E-state index is 12.4. The highest BCUT2D eigenvalue weighted by Gasteiger charge is 2.27. The van der Waals surface area contributed by atoms with Gasteiger partial charge in [0.2, 0.25) is 0 Å². The highest BCUT2D eigenvalue weighted by atomic mass is 19.4. The second-order valence-corrected chi connectivity index (χ2v) is 7.55. The van der Waals surface area contributed by atoms with E-state index in [0.717, 1.165) is 28.2 Å². The van der Waals surface area contributed by atoms with Crippen LogP contribution in [0.4, 0.5) is 23.7 Å². The Labute approximate surface area is 187 Å². The average molecular weight is 457 g/mol. The van der Waals surface area contributed by atoms with E-state index in [0.29, 0.717) is 17.9 Å². The maximum Gasteiger partial charge on any atom is 0.405 e. The van der Waals surface area contributed by atoms with E-state index in [4.69, 9.17) is 0 Å². The predicted octanol–water partition coefficient (Wildman–Crippen LogP) is 3.90. The van der Waals surface area contributed by atoms with Crippen LogP contribution in [-0.4, -0.2) is 44.7 Å². The minimum atomic E-state index is -4.48. The van der Waals surface area contributed by atoms with Crippen LogP contribution in [0.25, 0.3) is 22.6 Å². The van der Waals surface area contributed by atoms with Crippen molar-refractivity contribution in [1.29, 1.82) is 0 Å². The van der Waals surface area contributed by atoms with Crippen molar-refractivity contribution in [2.75, 3.05) is 18.9 Å². The number of nitrogens with zero attached hydrogens (tertiary/aromatic N) is 4. The fraction of sp³-hybridized carbons (Fsp3) is 0.227. The largest absolute Gasteiger partial charge is 0.405 e. The monoisotopic (exact) mass is 457 g/mol. The number of urea groups is 1. The summed E-state index contributed by atoms with van der Waals surface area (Å²) in [6, 6.07) is 8.26. The topological polar surface area (TPSA) is 88.3 Å². The zero-order chi connectivity index (χ0) is 23.6. The number of hydrogen-bond donors (Lipinski definition) is 3. The van der Waals surface area contributed by atoms with Crippen molar-refractivity contribution < 1.29 is 18.0 Å². The molecule has 0 fully saturated rings. The van der Waals surface area contributed by atoms with E-state index in [9.17, 15) is 18.0 Å². The van der Waals surface area contributed by atoms with Gasteiger partial charge in [-0.1, -0.05) is 0 Å². The smallest absolute Gasteiger partial charge is 0.329 e. The van der Waals surface area contributed by atoms with Gasteiger partial charge in [0.05, 0.1) is 29.6 Å². The highest BCUT2D eigenvalue weighted by molar-refractivity contribution is 5.90. The SMILES string of the molecule is CNCc1cc(NC(=O)NCC(F)(F)F)cc(-c2cnc3cc(-n4cnc(C)c4)ccn23)c1. The van der Waals surface area contributed by atoms with E-state index < -0.39 is 18.8 Å². The third kappa shape index (κ3) is 5.32. The van der Waals surface area contributed by atoms with Crippen molar-refractivity contribution in [3.8, 4) is 16.9 Å². The number of nitrogens with one attached hydrogen (secondary N) is 3. The van der Waals surface area contributed by atoms with Crippen LogP contribution in [0.15, 0.2) is 55.2 Å². The first-order valence-corrected chi connectivity index (χ1v) is 10.1. The van der Waals surface area contributed by atoms with Gasteiger partial charge in [-0.2, -0.15) is 13.2 Å². The summed E-state index contributed by atoms with van der Waals surface area (Å²) in [4.78, 5) is 20.7. The first-order chi connectivity index (χ1) is 15.7. The van der Waals surface area contributed by atoms with Gasteiger partial charge in [0.1, 0.15) is 12.2 Å². The van der Waals surface area contributed by atoms with E-state index >= 15 is 0 Å². The lowest BCUT2D eigenvalue weighted by molar-refractivity contribution is -0.122. The molecule has 0 aliphatic carbocycles. The van der Waals surface area contributed by atoms with Crippen LogP contribution in [0.5, 0.6) is 0 Å². The number of anilines is 1. The first-order valence-electron chi connectivity index (χ1n) is 10.1. The molecule has 172 valence electrons. The van der Waals surface area contributed by atoms with Gasteiger partial charge < -0.3 is 20.5 Å². The Morgan fingerprint density at radius 2 is 1.97 bits per heavy atom. The van der Waals surface area contributed by atoms with E-state index in [2.05, 4.69) is 20.6 Å². The number of aryl methyl sites for hydroxylation is 1. The second kappa shape index (κ2) is 8.94. The number of hydrogen-bond acceptors (Lipinski definition) is 4. The minimum absolute atomic E-state index is 0.373. The van der Waals surface area contributed by atoms with Gasteiger partial charge in [-0.3, -0.25) is 4.40 Å². The standard InChI is InChI=1S/C22H22F3N7O/c1-14-11-31(13-29-14)18-3-4-32-19(10-27-20(32)8-18)16-5-15(9-26-2)6-17(7-16)30-21(33)28-12-22(23,24)25/h3-8,10-11,13,26H,9,12H2,1-2H3,(H2,28,30,33). The second-order valence-electron chi connectivity index (χ2n) is 7.55. The predicted molar refractivity (Wildman–Crippen MR) is 118 cm³/mol. The van der Waals surface area contributed by atoms with Crippen LogP contribution in [-0.2, 0) is 6.54 Å². The van der Waals surface area contributed by atoms with Crippen LogP contribution in [0.2, 0.25) is 0 Å². The molecule has 0 spiro atoms. The summed E-state index contributed by atoms with van der Waals surface area (Å²) in [7, 11) is 1.78. The first kappa shape index (κ1) is 22.3. The summed E-state index contributed by atoms with van der Waals surface area (Å²) < 4.78 is 41.0. The Morgan fingerprint density at radius 3 is 2.67 bits per heavy atom. The van der Waals surface area contributed by atoms with Gasteiger partial charge in [0.15, 0.2) is 0 Å². The van der Waals surface area contributed by atoms with Gasteiger partial charge in [-0.05, 0) is 43.8 Å². The van der Waals surface area contributed by atoms with Gasteiger partial charge in [0, 0.05) is 36.3 Å². The molecule has 0 saturated heterocycles. The van der Waals surface area contributed by atoms with E-state index in [1.54, 1.807) is 31.7 Å². The number of aromatic nitrogens is 4. The zero-order valence-electron chi connectivity index (χ0n) is 17.9. The molecule has 0 radical (unpaired) electrons. The molecule has 3 heterocycles. The Morgan fingerprint density at radius 1 is 1.15 bits per heavy atom. The Balaban J connectivity index is 1.65. The van der Waals surface area contributed by atoms with Crippen LogP contribution in [0.1, 0.15) is 11.3 Å². The van der Waals surface area contributed by atoms with E-state index in [-0.39, 0.29) is 0 Å². The normalized spacial score (nSPS) is 11.7. The molecule has 33 heavy (non-hydrogen) atoms. The summed E-state index contributed by atoms with van der Waals surface area (Å²) in [5.41, 5.74) is 5.28. The Hall–Kier alpha value is -3.86. The van der Waals surface area contributed by atoms with Crippen LogP contribution < -0.4 is 16.0 Å². The average Bonchev–Trinajstić information content (AvgIpc) is 3.37. The number of amides is 2. The molecule has 11 heteroatoms. The lowest BCUT2D eigenvalue weighted by atomic mass is 10.1. The zero-order valence-corrected chi connectivity index (χ0v) is 17.9. The molecule has 3 aromatic heterocycles. The molecule has 4 aromatic rings. The van der Waals surface area contributed by atoms with Crippen molar-refractivity contribution in [1.82, 2.24) is 29.6 Å².